The van der Waals surface area contributed by atoms with Crippen molar-refractivity contribution in [2.24, 2.45) is 0 Å². The molecule has 0 aliphatic carbocycles. The van der Waals surface area contributed by atoms with Crippen LogP contribution in [0.4, 0.5) is 0 Å². The van der Waals surface area contributed by atoms with E-state index in [0.29, 0.717) is 0 Å². The van der Waals surface area contributed by atoms with Gasteiger partial charge in [0, 0.05) is 0 Å². The quantitative estimate of drug-likeness (QED) is 0.642. The van der Waals surface area contributed by atoms with Gasteiger partial charge in [-0.3, -0.25) is 0 Å². The van der Waals surface area contributed by atoms with Crippen LogP contribution in [0.2, 0.25) is 0 Å². The van der Waals surface area contributed by atoms with Gasteiger partial charge in [-0.05, 0) is 36.5 Å². The fourth-order valence-electron chi connectivity index (χ4n) is 2.86. The predicted octanol–water partition coefficient (Wildman–Crippen LogP) is 5.46. The maximum absolute atomic E-state index is 10.8. The van der Waals surface area contributed by atoms with Crippen LogP contribution >= 0.6 is 0 Å². The molecule has 0 aromatic heterocycles. The Morgan fingerprint density at radius 2 is 1.36 bits per heavy atom. The number of benzene rings is 2. The van der Waals surface area contributed by atoms with E-state index in [2.05, 4.69) is 31.2 Å². The molecule has 1 atom stereocenters. The van der Waals surface area contributed by atoms with E-state index in [9.17, 15) is 5.11 Å². The number of hydrogen-bond donors (Lipinski definition) is 1. The molecule has 1 heteroatoms. The van der Waals surface area contributed by atoms with Gasteiger partial charge >= 0.3 is 0 Å². The third-order valence-corrected chi connectivity index (χ3v) is 4.42. The van der Waals surface area contributed by atoms with Crippen molar-refractivity contribution in [3.63, 3.8) is 0 Å². The second-order valence-corrected chi connectivity index (χ2v) is 6.30. The van der Waals surface area contributed by atoms with Crippen LogP contribution in [-0.4, -0.2) is 5.11 Å². The lowest BCUT2D eigenvalue weighted by Crippen LogP contribution is -2.22. The summed E-state index contributed by atoms with van der Waals surface area (Å²) < 4.78 is 0. The molecule has 1 unspecified atom stereocenters. The van der Waals surface area contributed by atoms with E-state index < -0.39 is 5.60 Å². The van der Waals surface area contributed by atoms with E-state index >= 15 is 0 Å². The third kappa shape index (κ3) is 4.45. The van der Waals surface area contributed by atoms with Crippen molar-refractivity contribution in [2.75, 3.05) is 0 Å². The van der Waals surface area contributed by atoms with Gasteiger partial charge < -0.3 is 5.11 Å². The molecule has 0 saturated heterocycles. The lowest BCUT2D eigenvalue weighted by Gasteiger charge is -2.24. The molecule has 0 heterocycles. The number of aliphatic hydroxyl groups is 1. The molecule has 0 fully saturated rings. The summed E-state index contributed by atoms with van der Waals surface area (Å²) in [6.07, 6.45) is 7.70. The molecule has 0 aliphatic rings. The summed E-state index contributed by atoms with van der Waals surface area (Å²) in [5.74, 6) is 0. The normalized spacial score (nSPS) is 13.8. The maximum Gasteiger partial charge on any atom is 0.112 e. The number of aryl methyl sites for hydroxylation is 1. The topological polar surface area (TPSA) is 20.2 Å². The first-order valence-corrected chi connectivity index (χ1v) is 8.52. The lowest BCUT2D eigenvalue weighted by molar-refractivity contribution is 0.102. The van der Waals surface area contributed by atoms with Crippen molar-refractivity contribution in [3.8, 4) is 0 Å². The van der Waals surface area contributed by atoms with Crippen LogP contribution in [0.1, 0.15) is 62.6 Å². The fraction of sp³-hybridized carbons (Fsp3) is 0.429. The smallest absolute Gasteiger partial charge is 0.112 e. The van der Waals surface area contributed by atoms with Gasteiger partial charge in [0.1, 0.15) is 5.60 Å². The van der Waals surface area contributed by atoms with Crippen molar-refractivity contribution in [2.45, 2.75) is 58.0 Å². The molecule has 0 spiro atoms. The van der Waals surface area contributed by atoms with Crippen LogP contribution in [0.25, 0.3) is 0 Å². The number of hydrogen-bond acceptors (Lipinski definition) is 1. The van der Waals surface area contributed by atoms with E-state index in [1.165, 1.54) is 37.7 Å². The molecule has 0 aliphatic heterocycles. The standard InChI is InChI=1S/C21H28O/c1-3-4-5-6-8-11-18-14-16-20(17-15-18)21(2,22)19-12-9-7-10-13-19/h7,9-10,12-17,22H,3-6,8,11H2,1-2H3. The van der Waals surface area contributed by atoms with Gasteiger partial charge in [0.25, 0.3) is 0 Å². The highest BCUT2D eigenvalue weighted by atomic mass is 16.3. The van der Waals surface area contributed by atoms with Crippen molar-refractivity contribution in [1.29, 1.82) is 0 Å². The zero-order valence-corrected chi connectivity index (χ0v) is 13.9. The molecule has 0 radical (unpaired) electrons. The van der Waals surface area contributed by atoms with Gasteiger partial charge in [-0.25, -0.2) is 0 Å². The highest BCUT2D eigenvalue weighted by Gasteiger charge is 2.24. The molecule has 0 amide bonds. The number of unbranched alkanes of at least 4 members (excludes halogenated alkanes) is 4. The number of rotatable bonds is 8. The van der Waals surface area contributed by atoms with E-state index in [0.717, 1.165) is 17.5 Å². The van der Waals surface area contributed by atoms with Crippen LogP contribution in [0, 0.1) is 0 Å². The minimum absolute atomic E-state index is 0.930. The molecule has 2 aromatic carbocycles. The Hall–Kier alpha value is -1.60. The molecular weight excluding hydrogens is 268 g/mol. The molecule has 1 N–H and O–H groups in total. The second-order valence-electron chi connectivity index (χ2n) is 6.30. The average Bonchev–Trinajstić information content (AvgIpc) is 2.56. The van der Waals surface area contributed by atoms with Gasteiger partial charge in [0.05, 0.1) is 0 Å². The van der Waals surface area contributed by atoms with E-state index in [-0.39, 0.29) is 0 Å². The first-order chi connectivity index (χ1) is 10.6. The summed E-state index contributed by atoms with van der Waals surface area (Å²) >= 11 is 0. The van der Waals surface area contributed by atoms with Gasteiger partial charge in [0.2, 0.25) is 0 Å². The first kappa shape index (κ1) is 16.8. The lowest BCUT2D eigenvalue weighted by atomic mass is 9.87. The minimum atomic E-state index is -0.930. The molecule has 22 heavy (non-hydrogen) atoms. The fourth-order valence-corrected chi connectivity index (χ4v) is 2.86. The predicted molar refractivity (Wildman–Crippen MR) is 94.0 cm³/mol. The van der Waals surface area contributed by atoms with E-state index in [1.807, 2.05) is 37.3 Å². The zero-order chi connectivity index (χ0) is 15.8. The van der Waals surface area contributed by atoms with Crippen molar-refractivity contribution < 1.29 is 5.11 Å². The molecule has 2 aromatic rings. The van der Waals surface area contributed by atoms with Crippen LogP contribution in [0.3, 0.4) is 0 Å². The van der Waals surface area contributed by atoms with Crippen LogP contribution < -0.4 is 0 Å². The third-order valence-electron chi connectivity index (χ3n) is 4.42. The van der Waals surface area contributed by atoms with Crippen LogP contribution in [0.5, 0.6) is 0 Å². The Balaban J connectivity index is 1.96. The minimum Gasteiger partial charge on any atom is -0.381 e. The van der Waals surface area contributed by atoms with Gasteiger partial charge in [-0.1, -0.05) is 87.2 Å². The molecule has 118 valence electrons. The summed E-state index contributed by atoms with van der Waals surface area (Å²) in [5, 5.41) is 10.8. The van der Waals surface area contributed by atoms with Gasteiger partial charge in [-0.15, -0.1) is 0 Å². The first-order valence-electron chi connectivity index (χ1n) is 8.52. The molecular formula is C21H28O. The second kappa shape index (κ2) is 8.14. The Bertz CT molecular complexity index is 540. The molecule has 2 rings (SSSR count). The summed E-state index contributed by atoms with van der Waals surface area (Å²) in [4.78, 5) is 0. The molecule has 0 saturated carbocycles. The Kier molecular flexibility index (Phi) is 6.21. The largest absolute Gasteiger partial charge is 0.381 e. The van der Waals surface area contributed by atoms with Gasteiger partial charge in [-0.2, -0.15) is 0 Å². The summed E-state index contributed by atoms with van der Waals surface area (Å²) in [7, 11) is 0. The Labute approximate surface area is 135 Å². The highest BCUT2D eigenvalue weighted by molar-refractivity contribution is 5.36. The van der Waals surface area contributed by atoms with Crippen LogP contribution in [-0.2, 0) is 12.0 Å². The maximum atomic E-state index is 10.8. The average molecular weight is 296 g/mol. The van der Waals surface area contributed by atoms with Crippen LogP contribution in [0.15, 0.2) is 54.6 Å². The van der Waals surface area contributed by atoms with E-state index in [1.54, 1.807) is 0 Å². The van der Waals surface area contributed by atoms with Gasteiger partial charge in [0.15, 0.2) is 0 Å². The summed E-state index contributed by atoms with van der Waals surface area (Å²) in [6, 6.07) is 18.3. The van der Waals surface area contributed by atoms with Crippen molar-refractivity contribution in [3.05, 3.63) is 71.3 Å². The summed E-state index contributed by atoms with van der Waals surface area (Å²) in [5.41, 5.74) is 2.32. The monoisotopic (exact) mass is 296 g/mol. The molecule has 1 nitrogen and oxygen atoms in total. The zero-order valence-electron chi connectivity index (χ0n) is 13.9. The summed E-state index contributed by atoms with van der Waals surface area (Å²) in [6.45, 7) is 4.11. The van der Waals surface area contributed by atoms with E-state index in [4.69, 9.17) is 0 Å². The molecule has 0 bridgehead atoms. The van der Waals surface area contributed by atoms with Crippen molar-refractivity contribution >= 4 is 0 Å². The Morgan fingerprint density at radius 3 is 2.00 bits per heavy atom. The Morgan fingerprint density at radius 1 is 0.773 bits per heavy atom. The highest BCUT2D eigenvalue weighted by Crippen LogP contribution is 2.29. The SMILES string of the molecule is CCCCCCCc1ccc(C(C)(O)c2ccccc2)cc1. The van der Waals surface area contributed by atoms with Crippen molar-refractivity contribution in [1.82, 2.24) is 0 Å².